The van der Waals surface area contributed by atoms with Gasteiger partial charge in [0.05, 0.1) is 18.0 Å². The summed E-state index contributed by atoms with van der Waals surface area (Å²) in [5.41, 5.74) is 12.6. The number of benzene rings is 2. The number of nitrogens with two attached hydrogens (primary N) is 1. The van der Waals surface area contributed by atoms with Crippen molar-refractivity contribution in [3.63, 3.8) is 0 Å². The van der Waals surface area contributed by atoms with Gasteiger partial charge in [-0.15, -0.1) is 0 Å². The Hall–Kier alpha value is -3.86. The first-order chi connectivity index (χ1) is 18.0. The van der Waals surface area contributed by atoms with Crippen molar-refractivity contribution in [3.05, 3.63) is 54.4 Å². The molecule has 10 nitrogen and oxygen atoms in total. The van der Waals surface area contributed by atoms with E-state index in [2.05, 4.69) is 34.8 Å². The summed E-state index contributed by atoms with van der Waals surface area (Å²) in [7, 11) is 1.74. The molecule has 2 aromatic carbocycles. The summed E-state index contributed by atoms with van der Waals surface area (Å²) in [4.78, 5) is 16.0. The van der Waals surface area contributed by atoms with Crippen molar-refractivity contribution in [1.82, 2.24) is 35.8 Å². The normalized spacial score (nSPS) is 16.1. The van der Waals surface area contributed by atoms with E-state index in [-0.39, 0.29) is 12.2 Å². The van der Waals surface area contributed by atoms with Crippen LogP contribution in [0.15, 0.2) is 53.2 Å². The highest BCUT2D eigenvalue weighted by Gasteiger charge is 2.28. The second-order valence-corrected chi connectivity index (χ2v) is 9.93. The molecule has 1 fully saturated rings. The van der Waals surface area contributed by atoms with Gasteiger partial charge in [-0.05, 0) is 36.1 Å². The molecule has 0 aliphatic carbocycles. The minimum Gasteiger partial charge on any atom is -0.436 e. The third-order valence-electron chi connectivity index (χ3n) is 7.20. The van der Waals surface area contributed by atoms with Crippen LogP contribution in [0.1, 0.15) is 37.8 Å². The lowest BCUT2D eigenvalue weighted by Gasteiger charge is -2.15. The molecule has 1 unspecified atom stereocenters. The second-order valence-electron chi connectivity index (χ2n) is 9.93. The molecular weight excluding hydrogens is 480 g/mol. The van der Waals surface area contributed by atoms with Gasteiger partial charge in [-0.3, -0.25) is 4.90 Å². The number of hydrogen-bond acceptors (Lipinski definition) is 9. The Labute approximate surface area is 221 Å². The molecule has 0 radical (unpaired) electrons. The van der Waals surface area contributed by atoms with E-state index in [1.165, 1.54) is 6.33 Å². The molecule has 10 heteroatoms. The van der Waals surface area contributed by atoms with Gasteiger partial charge in [-0.25, -0.2) is 19.6 Å². The van der Waals surface area contributed by atoms with Crippen molar-refractivity contribution in [1.29, 1.82) is 0 Å². The van der Waals surface area contributed by atoms with Crippen LogP contribution in [0.3, 0.4) is 0 Å². The third-order valence-corrected chi connectivity index (χ3v) is 7.20. The highest BCUT2D eigenvalue weighted by atomic mass is 16.5. The number of ether oxygens (including phenoxy) is 1. The van der Waals surface area contributed by atoms with Gasteiger partial charge in [0.15, 0.2) is 11.2 Å². The molecule has 6 rings (SSSR count). The molecule has 38 heavy (non-hydrogen) atoms. The fraction of sp³-hybridized carbons (Fsp3) is 0.357. The summed E-state index contributed by atoms with van der Waals surface area (Å²) in [6, 6.07) is 14.4. The van der Waals surface area contributed by atoms with Crippen LogP contribution in [0, 0.1) is 0 Å². The van der Waals surface area contributed by atoms with Gasteiger partial charge in [0.1, 0.15) is 23.4 Å². The number of nitrogen functional groups attached to an aromatic ring is 1. The lowest BCUT2D eigenvalue weighted by Crippen LogP contribution is -2.25. The van der Waals surface area contributed by atoms with Crippen LogP contribution in [0.5, 0.6) is 0 Å². The Kier molecular flexibility index (Phi) is 7.11. The topological polar surface area (TPSA) is 143 Å². The predicted octanol–water partition coefficient (Wildman–Crippen LogP) is 5.06. The van der Waals surface area contributed by atoms with Gasteiger partial charge in [0.2, 0.25) is 5.89 Å². The van der Waals surface area contributed by atoms with E-state index in [4.69, 9.17) is 25.0 Å². The summed E-state index contributed by atoms with van der Waals surface area (Å²) in [6.07, 6.45) is 2.51. The zero-order valence-corrected chi connectivity index (χ0v) is 22.1. The van der Waals surface area contributed by atoms with E-state index in [1.807, 2.05) is 41.1 Å². The molecule has 3 aromatic heterocycles. The van der Waals surface area contributed by atoms with Crippen LogP contribution in [0.4, 0.5) is 5.82 Å². The molecule has 198 valence electrons. The SMILES string of the molecule is COCCN1CCC(n2nc(-c3ccc(-c4nc5cccc(C(C)C)c5o4)cc3)c3c(N)ncnc32)C1.N. The average molecular weight is 515 g/mol. The molecule has 0 bridgehead atoms. The Bertz CT molecular complexity index is 1560. The molecule has 4 heterocycles. The van der Waals surface area contributed by atoms with Crippen LogP contribution in [-0.4, -0.2) is 63.0 Å². The number of hydrogen-bond donors (Lipinski definition) is 2. The molecule has 1 aliphatic heterocycles. The predicted molar refractivity (Wildman–Crippen MR) is 149 cm³/mol. The number of rotatable bonds is 7. The lowest BCUT2D eigenvalue weighted by molar-refractivity contribution is 0.159. The largest absolute Gasteiger partial charge is 0.436 e. The van der Waals surface area contributed by atoms with Crippen molar-refractivity contribution in [3.8, 4) is 22.7 Å². The van der Waals surface area contributed by atoms with Gasteiger partial charge in [-0.2, -0.15) is 5.10 Å². The Morgan fingerprint density at radius 2 is 1.89 bits per heavy atom. The standard InChI is InChI=1S/C28H31N7O2.H3N/c1-17(2)21-5-4-6-22-25(21)37-28(32-22)19-9-7-18(8-10-19)24-23-26(29)30-16-31-27(23)35(33-24)20-11-12-34(15-20)13-14-36-3;/h4-10,16-17,20H,11-15H2,1-3H3,(H2,29,30,31);1H3. The molecule has 5 N–H and O–H groups in total. The Morgan fingerprint density at radius 3 is 2.66 bits per heavy atom. The van der Waals surface area contributed by atoms with Crippen molar-refractivity contribution in [2.75, 3.05) is 39.1 Å². The number of methoxy groups -OCH3 is 1. The quantitative estimate of drug-likeness (QED) is 0.304. The summed E-state index contributed by atoms with van der Waals surface area (Å²) in [5.74, 6) is 1.40. The minimum absolute atomic E-state index is 0. The van der Waals surface area contributed by atoms with E-state index in [1.54, 1.807) is 7.11 Å². The smallest absolute Gasteiger partial charge is 0.227 e. The molecular formula is C28H34N8O2. The maximum absolute atomic E-state index is 6.35. The van der Waals surface area contributed by atoms with Gasteiger partial charge in [-0.1, -0.05) is 38.1 Å². The molecule has 0 amide bonds. The van der Waals surface area contributed by atoms with Crippen LogP contribution >= 0.6 is 0 Å². The van der Waals surface area contributed by atoms with E-state index in [0.717, 1.165) is 77.2 Å². The molecule has 1 atom stereocenters. The van der Waals surface area contributed by atoms with Gasteiger partial charge in [0.25, 0.3) is 0 Å². The number of nitrogens with zero attached hydrogens (tertiary/aromatic N) is 6. The van der Waals surface area contributed by atoms with E-state index < -0.39 is 0 Å². The lowest BCUT2D eigenvalue weighted by atomic mass is 10.0. The number of anilines is 1. The van der Waals surface area contributed by atoms with Crippen molar-refractivity contribution < 1.29 is 9.15 Å². The first-order valence-electron chi connectivity index (χ1n) is 12.7. The Morgan fingerprint density at radius 1 is 1.11 bits per heavy atom. The number of fused-ring (bicyclic) bond motifs is 2. The molecule has 0 spiro atoms. The summed E-state index contributed by atoms with van der Waals surface area (Å²) in [5, 5.41) is 5.81. The first kappa shape index (κ1) is 25.8. The zero-order valence-electron chi connectivity index (χ0n) is 22.1. The van der Waals surface area contributed by atoms with Crippen LogP contribution in [0.25, 0.3) is 44.8 Å². The molecule has 1 aliphatic rings. The van der Waals surface area contributed by atoms with Gasteiger partial charge in [0, 0.05) is 37.9 Å². The second kappa shape index (κ2) is 10.5. The highest BCUT2D eigenvalue weighted by molar-refractivity contribution is 5.98. The number of para-hydroxylation sites is 1. The third kappa shape index (κ3) is 4.51. The van der Waals surface area contributed by atoms with Gasteiger partial charge >= 0.3 is 0 Å². The summed E-state index contributed by atoms with van der Waals surface area (Å²) in [6.45, 7) is 7.85. The number of likely N-dealkylation sites (tertiary alicyclic amines) is 1. The monoisotopic (exact) mass is 514 g/mol. The summed E-state index contributed by atoms with van der Waals surface area (Å²) >= 11 is 0. The van der Waals surface area contributed by atoms with Crippen molar-refractivity contribution >= 4 is 28.0 Å². The van der Waals surface area contributed by atoms with Crippen LogP contribution in [-0.2, 0) is 4.74 Å². The summed E-state index contributed by atoms with van der Waals surface area (Å²) < 4.78 is 13.5. The molecule has 0 saturated carbocycles. The Balaban J connectivity index is 0.00000294. The molecule has 5 aromatic rings. The number of aromatic nitrogens is 5. The first-order valence-corrected chi connectivity index (χ1v) is 12.7. The molecule has 1 saturated heterocycles. The maximum Gasteiger partial charge on any atom is 0.227 e. The van der Waals surface area contributed by atoms with E-state index >= 15 is 0 Å². The van der Waals surface area contributed by atoms with Crippen LogP contribution in [0.2, 0.25) is 0 Å². The van der Waals surface area contributed by atoms with Crippen LogP contribution < -0.4 is 11.9 Å². The van der Waals surface area contributed by atoms with Gasteiger partial charge < -0.3 is 21.0 Å². The van der Waals surface area contributed by atoms with Crippen molar-refractivity contribution in [2.24, 2.45) is 0 Å². The van der Waals surface area contributed by atoms with Crippen molar-refractivity contribution in [2.45, 2.75) is 32.2 Å². The zero-order chi connectivity index (χ0) is 25.5. The fourth-order valence-electron chi connectivity index (χ4n) is 5.21. The average Bonchev–Trinajstić information content (AvgIpc) is 3.64. The van der Waals surface area contributed by atoms with E-state index in [0.29, 0.717) is 17.6 Å². The van der Waals surface area contributed by atoms with E-state index in [9.17, 15) is 0 Å². The maximum atomic E-state index is 6.35. The number of oxazole rings is 1. The highest BCUT2D eigenvalue weighted by Crippen LogP contribution is 2.35. The minimum atomic E-state index is 0. The fourth-order valence-corrected chi connectivity index (χ4v) is 5.21.